The number of hydrogen-bond donors (Lipinski definition) is 3. The second-order valence-electron chi connectivity index (χ2n) is 8.77. The van der Waals surface area contributed by atoms with Crippen molar-refractivity contribution in [2.75, 3.05) is 26.6 Å². The van der Waals surface area contributed by atoms with Crippen molar-refractivity contribution in [2.24, 2.45) is 0 Å². The van der Waals surface area contributed by atoms with E-state index in [0.717, 1.165) is 17.5 Å². The van der Waals surface area contributed by atoms with Crippen molar-refractivity contribution >= 4 is 17.6 Å². The van der Waals surface area contributed by atoms with E-state index in [0.29, 0.717) is 54.1 Å². The fourth-order valence-corrected chi connectivity index (χ4v) is 4.68. The van der Waals surface area contributed by atoms with Crippen LogP contribution in [0.3, 0.4) is 0 Å². The van der Waals surface area contributed by atoms with Gasteiger partial charge in [0.2, 0.25) is 17.1 Å². The predicted molar refractivity (Wildman–Crippen MR) is 137 cm³/mol. The number of nitrogens with one attached hydrogen (secondary N) is 2. The molecular formula is C27H34N2O7. The fourth-order valence-electron chi connectivity index (χ4n) is 4.68. The molecule has 36 heavy (non-hydrogen) atoms. The van der Waals surface area contributed by atoms with E-state index < -0.39 is 18.1 Å². The highest BCUT2D eigenvalue weighted by molar-refractivity contribution is 5.84. The molecular weight excluding hydrogens is 464 g/mol. The van der Waals surface area contributed by atoms with Crippen LogP contribution in [0.1, 0.15) is 56.7 Å². The van der Waals surface area contributed by atoms with Crippen molar-refractivity contribution in [1.82, 2.24) is 5.32 Å². The van der Waals surface area contributed by atoms with E-state index in [9.17, 15) is 19.5 Å². The summed E-state index contributed by atoms with van der Waals surface area (Å²) >= 11 is 0. The molecule has 2 atom stereocenters. The van der Waals surface area contributed by atoms with Crippen molar-refractivity contribution in [2.45, 2.75) is 58.0 Å². The lowest BCUT2D eigenvalue weighted by molar-refractivity contribution is -0.138. The van der Waals surface area contributed by atoms with Crippen LogP contribution >= 0.6 is 0 Å². The molecule has 1 amide bonds. The van der Waals surface area contributed by atoms with Crippen LogP contribution in [0.25, 0.3) is 11.1 Å². The van der Waals surface area contributed by atoms with E-state index in [-0.39, 0.29) is 17.0 Å². The Morgan fingerprint density at radius 1 is 1.11 bits per heavy atom. The highest BCUT2D eigenvalue weighted by Crippen LogP contribution is 2.50. The van der Waals surface area contributed by atoms with Gasteiger partial charge in [0.15, 0.2) is 11.5 Å². The molecule has 0 aliphatic heterocycles. The topological polar surface area (TPSA) is 123 Å². The number of hydrogen-bond acceptors (Lipinski definition) is 7. The fraction of sp³-hybridized carbons (Fsp3) is 0.444. The van der Waals surface area contributed by atoms with Crippen LogP contribution < -0.4 is 30.3 Å². The summed E-state index contributed by atoms with van der Waals surface area (Å²) in [5.74, 6) is 0.147. The molecule has 3 N–H and O–H groups in total. The van der Waals surface area contributed by atoms with E-state index in [2.05, 4.69) is 10.6 Å². The van der Waals surface area contributed by atoms with Crippen molar-refractivity contribution in [3.05, 3.63) is 45.6 Å². The van der Waals surface area contributed by atoms with E-state index in [1.165, 1.54) is 27.2 Å². The summed E-state index contributed by atoms with van der Waals surface area (Å²) in [6.45, 7) is 3.41. The van der Waals surface area contributed by atoms with Gasteiger partial charge < -0.3 is 30.0 Å². The van der Waals surface area contributed by atoms with Gasteiger partial charge in [-0.1, -0.05) is 25.8 Å². The Hall–Kier alpha value is -3.75. The summed E-state index contributed by atoms with van der Waals surface area (Å²) < 4.78 is 16.9. The first kappa shape index (κ1) is 26.8. The third kappa shape index (κ3) is 5.56. The van der Waals surface area contributed by atoms with Crippen molar-refractivity contribution in [1.29, 1.82) is 0 Å². The number of ether oxygens (including phenoxy) is 3. The van der Waals surface area contributed by atoms with Gasteiger partial charge >= 0.3 is 5.97 Å². The molecule has 0 aromatic heterocycles. The molecule has 0 saturated heterocycles. The number of amides is 1. The number of carbonyl (C=O) groups is 2. The maximum atomic E-state index is 13.3. The lowest BCUT2D eigenvalue weighted by Crippen LogP contribution is -2.31. The molecule has 0 unspecified atom stereocenters. The smallest absolute Gasteiger partial charge is 0.326 e. The van der Waals surface area contributed by atoms with Gasteiger partial charge in [0.05, 0.1) is 33.1 Å². The SMILES string of the molecule is CCCC[C@H](Nc1ccc2c(cc1=O)[C@@H](NC(C)=O)CCc1cc(OC)c(OC)c(OC)c1-2)C(=O)O. The quantitative estimate of drug-likeness (QED) is 0.450. The summed E-state index contributed by atoms with van der Waals surface area (Å²) in [5.41, 5.74) is 2.77. The van der Waals surface area contributed by atoms with Gasteiger partial charge in [-0.3, -0.25) is 9.59 Å². The summed E-state index contributed by atoms with van der Waals surface area (Å²) in [7, 11) is 4.61. The average Bonchev–Trinajstić information content (AvgIpc) is 3.09. The summed E-state index contributed by atoms with van der Waals surface area (Å²) in [6.07, 6.45) is 3.08. The Balaban J connectivity index is 2.28. The predicted octanol–water partition coefficient (Wildman–Crippen LogP) is 3.92. The molecule has 0 saturated carbocycles. The first-order valence-corrected chi connectivity index (χ1v) is 12.0. The van der Waals surface area contributed by atoms with Gasteiger partial charge in [0, 0.05) is 12.5 Å². The Bertz CT molecular complexity index is 1200. The maximum absolute atomic E-state index is 13.3. The molecule has 0 radical (unpaired) electrons. The van der Waals surface area contributed by atoms with Gasteiger partial charge in [-0.15, -0.1) is 0 Å². The minimum atomic E-state index is -1.02. The first-order chi connectivity index (χ1) is 17.2. The monoisotopic (exact) mass is 498 g/mol. The Kier molecular flexibility index (Phi) is 8.79. The molecule has 3 rings (SSSR count). The minimum Gasteiger partial charge on any atom is -0.493 e. The van der Waals surface area contributed by atoms with E-state index in [1.807, 2.05) is 13.0 Å². The zero-order valence-electron chi connectivity index (χ0n) is 21.4. The third-order valence-corrected chi connectivity index (χ3v) is 6.39. The number of benzene rings is 1. The third-order valence-electron chi connectivity index (χ3n) is 6.39. The van der Waals surface area contributed by atoms with Gasteiger partial charge in [-0.25, -0.2) is 4.79 Å². The first-order valence-electron chi connectivity index (χ1n) is 12.0. The Morgan fingerprint density at radius 2 is 1.83 bits per heavy atom. The normalized spacial score (nSPS) is 15.0. The van der Waals surface area contributed by atoms with E-state index >= 15 is 0 Å². The molecule has 0 heterocycles. The molecule has 0 spiro atoms. The molecule has 9 heteroatoms. The molecule has 0 bridgehead atoms. The number of aryl methyl sites for hydroxylation is 1. The molecule has 194 valence electrons. The maximum Gasteiger partial charge on any atom is 0.326 e. The van der Waals surface area contributed by atoms with Crippen LogP contribution in [-0.2, 0) is 16.0 Å². The molecule has 0 fully saturated rings. The Morgan fingerprint density at radius 3 is 2.42 bits per heavy atom. The molecule has 1 aliphatic rings. The number of anilines is 1. The Labute approximate surface area is 210 Å². The van der Waals surface area contributed by atoms with Gasteiger partial charge in [0.1, 0.15) is 6.04 Å². The number of fused-ring (bicyclic) bond motifs is 3. The second kappa shape index (κ2) is 11.8. The highest BCUT2D eigenvalue weighted by atomic mass is 16.5. The molecule has 9 nitrogen and oxygen atoms in total. The molecule has 1 aliphatic carbocycles. The largest absolute Gasteiger partial charge is 0.493 e. The minimum absolute atomic E-state index is 0.175. The molecule has 2 aromatic carbocycles. The van der Waals surface area contributed by atoms with Gasteiger partial charge in [-0.2, -0.15) is 0 Å². The molecule has 2 aromatic rings. The number of carbonyl (C=O) groups excluding carboxylic acids is 1. The van der Waals surface area contributed by atoms with Crippen LogP contribution in [0.15, 0.2) is 29.1 Å². The van der Waals surface area contributed by atoms with Crippen LogP contribution in [0.2, 0.25) is 0 Å². The van der Waals surface area contributed by atoms with Crippen molar-refractivity contribution < 1.29 is 28.9 Å². The number of rotatable bonds is 10. The zero-order valence-corrected chi connectivity index (χ0v) is 21.4. The van der Waals surface area contributed by atoms with Crippen molar-refractivity contribution in [3.63, 3.8) is 0 Å². The number of aliphatic carboxylic acids is 1. The van der Waals surface area contributed by atoms with Gasteiger partial charge in [0.25, 0.3) is 0 Å². The van der Waals surface area contributed by atoms with Crippen LogP contribution in [-0.4, -0.2) is 44.4 Å². The summed E-state index contributed by atoms with van der Waals surface area (Å²) in [4.78, 5) is 37.2. The van der Waals surface area contributed by atoms with Gasteiger partial charge in [-0.05, 0) is 54.2 Å². The lowest BCUT2D eigenvalue weighted by Gasteiger charge is -2.19. The van der Waals surface area contributed by atoms with Crippen LogP contribution in [0.4, 0.5) is 5.69 Å². The second-order valence-corrected chi connectivity index (χ2v) is 8.77. The average molecular weight is 499 g/mol. The van der Waals surface area contributed by atoms with E-state index in [4.69, 9.17) is 14.2 Å². The summed E-state index contributed by atoms with van der Waals surface area (Å²) in [5, 5.41) is 15.5. The van der Waals surface area contributed by atoms with Crippen LogP contribution in [0, 0.1) is 0 Å². The number of methoxy groups -OCH3 is 3. The van der Waals surface area contributed by atoms with Crippen molar-refractivity contribution in [3.8, 4) is 28.4 Å². The lowest BCUT2D eigenvalue weighted by atomic mass is 9.95. The number of unbranched alkanes of at least 4 members (excludes halogenated alkanes) is 1. The number of carboxylic acids is 1. The zero-order chi connectivity index (χ0) is 26.4. The summed E-state index contributed by atoms with van der Waals surface area (Å²) in [6, 6.07) is 5.39. The number of carboxylic acid groups (broad SMARTS) is 1. The highest BCUT2D eigenvalue weighted by Gasteiger charge is 2.29. The van der Waals surface area contributed by atoms with E-state index in [1.54, 1.807) is 19.2 Å². The standard InChI is InChI=1S/C27H34N2O7/c1-6-7-8-21(27(32)33)29-20-12-10-17-18(14-22(20)31)19(28-15(2)30)11-9-16-13-23(34-3)25(35-4)26(36-5)24(16)17/h10,12-14,19,21H,6-9,11H2,1-5H3,(H,28,30)(H,29,31)(H,32,33)/t19-,21-/m0/s1. The van der Waals surface area contributed by atoms with Crippen LogP contribution in [0.5, 0.6) is 17.2 Å².